The Bertz CT molecular complexity index is 2880. The van der Waals surface area contributed by atoms with E-state index in [2.05, 4.69) is 204 Å². The molecular formula is C50H36N2. The lowest BCUT2D eigenvalue weighted by Crippen LogP contribution is -1.96. The number of hydrogen-bond acceptors (Lipinski definition) is 0. The van der Waals surface area contributed by atoms with E-state index in [1.54, 1.807) is 0 Å². The van der Waals surface area contributed by atoms with E-state index >= 15 is 0 Å². The molecule has 8 aromatic carbocycles. The molecule has 0 amide bonds. The van der Waals surface area contributed by atoms with Crippen molar-refractivity contribution in [2.75, 3.05) is 0 Å². The fourth-order valence-electron chi connectivity index (χ4n) is 8.27. The monoisotopic (exact) mass is 664 g/mol. The fraction of sp³-hybridized carbons (Fsp3) is 0.0400. The quantitative estimate of drug-likeness (QED) is 0.167. The Balaban J connectivity index is 1.03. The van der Waals surface area contributed by atoms with Gasteiger partial charge in [0.1, 0.15) is 0 Å². The molecular weight excluding hydrogens is 629 g/mol. The summed E-state index contributed by atoms with van der Waals surface area (Å²) in [5.74, 6) is 0. The summed E-state index contributed by atoms with van der Waals surface area (Å²) in [6.45, 7) is 2.20. The zero-order valence-corrected chi connectivity index (χ0v) is 29.0. The third-order valence-corrected chi connectivity index (χ3v) is 10.7. The second kappa shape index (κ2) is 12.3. The molecule has 52 heavy (non-hydrogen) atoms. The van der Waals surface area contributed by atoms with Gasteiger partial charge in [-0.3, -0.25) is 0 Å². The van der Waals surface area contributed by atoms with Crippen LogP contribution in [0.25, 0.3) is 77.2 Å². The van der Waals surface area contributed by atoms with Crippen molar-refractivity contribution in [3.8, 4) is 33.6 Å². The van der Waals surface area contributed by atoms with Crippen LogP contribution in [0.15, 0.2) is 188 Å². The lowest BCUT2D eigenvalue weighted by molar-refractivity contribution is 1.17. The maximum absolute atomic E-state index is 2.42. The van der Waals surface area contributed by atoms with E-state index in [4.69, 9.17) is 0 Å². The molecule has 2 heterocycles. The number of nitrogens with zero attached hydrogens (tertiary/aromatic N) is 2. The Hall–Kier alpha value is -6.64. The van der Waals surface area contributed by atoms with Crippen molar-refractivity contribution in [1.82, 2.24) is 9.13 Å². The van der Waals surface area contributed by atoms with Crippen LogP contribution in [0.1, 0.15) is 16.7 Å². The Morgan fingerprint density at radius 2 is 0.923 bits per heavy atom. The van der Waals surface area contributed by atoms with Crippen molar-refractivity contribution in [1.29, 1.82) is 0 Å². The van der Waals surface area contributed by atoms with Crippen LogP contribution in [-0.4, -0.2) is 9.13 Å². The molecule has 0 bridgehead atoms. The first-order valence-electron chi connectivity index (χ1n) is 18.1. The van der Waals surface area contributed by atoms with Gasteiger partial charge in [-0.15, -0.1) is 0 Å². The van der Waals surface area contributed by atoms with Gasteiger partial charge in [0, 0.05) is 32.9 Å². The maximum Gasteiger partial charge on any atom is 0.0541 e. The van der Waals surface area contributed by atoms with E-state index in [1.807, 2.05) is 0 Å². The number of fused-ring (bicyclic) bond motifs is 6. The van der Waals surface area contributed by atoms with Gasteiger partial charge in [0.15, 0.2) is 0 Å². The molecule has 10 aromatic rings. The van der Waals surface area contributed by atoms with Gasteiger partial charge < -0.3 is 9.13 Å². The first kappa shape index (κ1) is 30.2. The molecule has 0 radical (unpaired) electrons. The molecule has 0 fully saturated rings. The zero-order valence-electron chi connectivity index (χ0n) is 29.0. The first-order chi connectivity index (χ1) is 25.7. The second-order valence-corrected chi connectivity index (χ2v) is 13.8. The van der Waals surface area contributed by atoms with E-state index in [-0.39, 0.29) is 0 Å². The number of benzene rings is 8. The minimum Gasteiger partial charge on any atom is -0.309 e. The van der Waals surface area contributed by atoms with Crippen molar-refractivity contribution >= 4 is 43.6 Å². The Labute approximate surface area is 303 Å². The molecule has 0 unspecified atom stereocenters. The molecule has 0 aliphatic rings. The molecule has 0 N–H and O–H groups in total. The molecule has 0 aliphatic heterocycles. The van der Waals surface area contributed by atoms with Crippen LogP contribution in [0.5, 0.6) is 0 Å². The molecule has 0 atom stereocenters. The average molecular weight is 665 g/mol. The average Bonchev–Trinajstić information content (AvgIpc) is 3.71. The summed E-state index contributed by atoms with van der Waals surface area (Å²) in [5.41, 5.74) is 16.2. The highest BCUT2D eigenvalue weighted by Crippen LogP contribution is 2.36. The molecule has 2 nitrogen and oxygen atoms in total. The van der Waals surface area contributed by atoms with E-state index < -0.39 is 0 Å². The Morgan fingerprint density at radius 1 is 0.365 bits per heavy atom. The Kier molecular flexibility index (Phi) is 7.14. The largest absolute Gasteiger partial charge is 0.309 e. The predicted molar refractivity (Wildman–Crippen MR) is 220 cm³/mol. The van der Waals surface area contributed by atoms with Gasteiger partial charge in [-0.25, -0.2) is 0 Å². The summed E-state index contributed by atoms with van der Waals surface area (Å²) in [4.78, 5) is 0. The lowest BCUT2D eigenvalue weighted by atomic mass is 9.92. The lowest BCUT2D eigenvalue weighted by Gasteiger charge is -2.13. The van der Waals surface area contributed by atoms with E-state index in [0.717, 1.165) is 17.8 Å². The van der Waals surface area contributed by atoms with Crippen molar-refractivity contribution in [3.05, 3.63) is 205 Å². The van der Waals surface area contributed by atoms with Crippen LogP contribution in [0.4, 0.5) is 0 Å². The van der Waals surface area contributed by atoms with Crippen LogP contribution >= 0.6 is 0 Å². The molecule has 2 aromatic heterocycles. The molecule has 246 valence electrons. The second-order valence-electron chi connectivity index (χ2n) is 13.8. The minimum absolute atomic E-state index is 0.875. The topological polar surface area (TPSA) is 9.86 Å². The van der Waals surface area contributed by atoms with Crippen LogP contribution in [-0.2, 0) is 6.42 Å². The van der Waals surface area contributed by atoms with E-state index in [1.165, 1.54) is 82.6 Å². The van der Waals surface area contributed by atoms with Crippen molar-refractivity contribution in [2.24, 2.45) is 0 Å². The summed E-state index contributed by atoms with van der Waals surface area (Å²) < 4.78 is 4.80. The normalized spacial score (nSPS) is 11.6. The summed E-state index contributed by atoms with van der Waals surface area (Å²) in [6.07, 6.45) is 0.875. The SMILES string of the molecule is Cc1ccccc1-c1ccccc1Cc1ccc2c(c1)c1ccccc1n2-c1cccc(-c2ccc(-n3c4ccccc4c4ccccc43)cc2)c1. The highest BCUT2D eigenvalue weighted by Gasteiger charge is 2.16. The molecule has 10 rings (SSSR count). The van der Waals surface area contributed by atoms with E-state index in [9.17, 15) is 0 Å². The van der Waals surface area contributed by atoms with Gasteiger partial charge in [-0.05, 0) is 107 Å². The summed E-state index contributed by atoms with van der Waals surface area (Å²) in [7, 11) is 0. The summed E-state index contributed by atoms with van der Waals surface area (Å²) in [5, 5.41) is 5.11. The number of para-hydroxylation sites is 3. The maximum atomic E-state index is 2.42. The molecule has 0 saturated heterocycles. The fourth-order valence-corrected chi connectivity index (χ4v) is 8.27. The van der Waals surface area contributed by atoms with Crippen molar-refractivity contribution < 1.29 is 0 Å². The number of rotatable bonds is 6. The number of hydrogen-bond donors (Lipinski definition) is 0. The summed E-state index contributed by atoms with van der Waals surface area (Å²) >= 11 is 0. The van der Waals surface area contributed by atoms with Gasteiger partial charge in [0.05, 0.1) is 22.1 Å². The van der Waals surface area contributed by atoms with Gasteiger partial charge >= 0.3 is 0 Å². The predicted octanol–water partition coefficient (Wildman–Crippen LogP) is 13.1. The summed E-state index contributed by atoms with van der Waals surface area (Å²) in [6, 6.07) is 68.7. The van der Waals surface area contributed by atoms with Crippen LogP contribution in [0.2, 0.25) is 0 Å². The third-order valence-electron chi connectivity index (χ3n) is 10.7. The number of aromatic nitrogens is 2. The van der Waals surface area contributed by atoms with Crippen LogP contribution in [0.3, 0.4) is 0 Å². The van der Waals surface area contributed by atoms with E-state index in [0.29, 0.717) is 0 Å². The first-order valence-corrected chi connectivity index (χ1v) is 18.1. The molecule has 2 heteroatoms. The highest BCUT2D eigenvalue weighted by atomic mass is 15.0. The molecule has 0 spiro atoms. The van der Waals surface area contributed by atoms with Crippen LogP contribution in [0, 0.1) is 6.92 Å². The van der Waals surface area contributed by atoms with Gasteiger partial charge in [0.25, 0.3) is 0 Å². The van der Waals surface area contributed by atoms with Crippen molar-refractivity contribution in [2.45, 2.75) is 13.3 Å². The standard InChI is InChI=1S/C50H36N2/c1-34-13-2-4-17-41(34)42-18-5-3-14-38(42)31-35-25-30-50-46(32-35)45-21-8-11-24-49(45)52(50)40-16-12-15-37(33-40)36-26-28-39(29-27-36)51-47-22-9-6-19-43(47)44-20-7-10-23-48(44)51/h2-30,32-33H,31H2,1H3. The van der Waals surface area contributed by atoms with Gasteiger partial charge in [0.2, 0.25) is 0 Å². The van der Waals surface area contributed by atoms with Crippen LogP contribution < -0.4 is 0 Å². The molecule has 0 saturated carbocycles. The van der Waals surface area contributed by atoms with Gasteiger partial charge in [-0.2, -0.15) is 0 Å². The Morgan fingerprint density at radius 3 is 1.62 bits per heavy atom. The van der Waals surface area contributed by atoms with Crippen molar-refractivity contribution in [3.63, 3.8) is 0 Å². The highest BCUT2D eigenvalue weighted by molar-refractivity contribution is 6.10. The zero-order chi connectivity index (χ0) is 34.6. The minimum atomic E-state index is 0.875. The smallest absolute Gasteiger partial charge is 0.0541 e. The number of aryl methyl sites for hydroxylation is 1. The molecule has 0 aliphatic carbocycles. The third kappa shape index (κ3) is 4.95. The van der Waals surface area contributed by atoms with Gasteiger partial charge in [-0.1, -0.05) is 133 Å².